The van der Waals surface area contributed by atoms with Gasteiger partial charge in [0.05, 0.1) is 25.8 Å². The van der Waals surface area contributed by atoms with E-state index in [0.717, 1.165) is 5.56 Å². The number of anilines is 1. The maximum absolute atomic E-state index is 13.5. The summed E-state index contributed by atoms with van der Waals surface area (Å²) in [5, 5.41) is 11.5. The molecule has 0 aliphatic carbocycles. The monoisotopic (exact) mass is 515 g/mol. The fraction of sp³-hybridized carbons (Fsp3) is 0.233. The van der Waals surface area contributed by atoms with Crippen molar-refractivity contribution in [3.63, 3.8) is 0 Å². The SMILES string of the molecule is COc1cccc(N2C(=O)C(=O)/C(=C(\O)c3ccc(OC)c(C(C)C)c3)C2c2ccc(OC(C)=O)cc2)c1. The summed E-state index contributed by atoms with van der Waals surface area (Å²) in [6, 6.07) is 17.4. The molecule has 1 aliphatic rings. The molecule has 1 amide bonds. The van der Waals surface area contributed by atoms with Gasteiger partial charge in [-0.3, -0.25) is 19.3 Å². The Bertz CT molecular complexity index is 1420. The lowest BCUT2D eigenvalue weighted by Gasteiger charge is -2.26. The first-order valence-corrected chi connectivity index (χ1v) is 12.1. The van der Waals surface area contributed by atoms with E-state index in [1.165, 1.54) is 18.9 Å². The Balaban J connectivity index is 1.92. The molecule has 0 aromatic heterocycles. The van der Waals surface area contributed by atoms with Gasteiger partial charge >= 0.3 is 5.97 Å². The van der Waals surface area contributed by atoms with E-state index in [1.807, 2.05) is 13.8 Å². The largest absolute Gasteiger partial charge is 0.507 e. The predicted molar refractivity (Wildman–Crippen MR) is 143 cm³/mol. The summed E-state index contributed by atoms with van der Waals surface area (Å²) in [4.78, 5) is 39.6. The second kappa shape index (κ2) is 10.8. The van der Waals surface area contributed by atoms with Gasteiger partial charge in [-0.15, -0.1) is 0 Å². The second-order valence-electron chi connectivity index (χ2n) is 9.14. The number of rotatable bonds is 7. The van der Waals surface area contributed by atoms with Crippen molar-refractivity contribution in [2.45, 2.75) is 32.7 Å². The number of hydrogen-bond donors (Lipinski definition) is 1. The van der Waals surface area contributed by atoms with Gasteiger partial charge in [-0.1, -0.05) is 32.0 Å². The standard InChI is InChI=1S/C30H29NO7/c1-17(2)24-15-20(11-14-25(24)37-5)28(33)26-27(19-9-12-22(13-10-19)38-18(3)32)31(30(35)29(26)34)21-7-6-8-23(16-21)36-4/h6-17,27,33H,1-5H3/b28-26-. The number of amides is 1. The van der Waals surface area contributed by atoms with E-state index in [0.29, 0.717) is 34.1 Å². The molecule has 0 saturated carbocycles. The normalized spacial score (nSPS) is 16.6. The zero-order valence-corrected chi connectivity index (χ0v) is 21.8. The van der Waals surface area contributed by atoms with E-state index >= 15 is 0 Å². The lowest BCUT2D eigenvalue weighted by Crippen LogP contribution is -2.29. The van der Waals surface area contributed by atoms with Crippen LogP contribution in [0.25, 0.3) is 5.76 Å². The van der Waals surface area contributed by atoms with Crippen molar-refractivity contribution >= 4 is 29.1 Å². The Morgan fingerprint density at radius 3 is 2.24 bits per heavy atom. The van der Waals surface area contributed by atoms with Gasteiger partial charge in [0.15, 0.2) is 0 Å². The van der Waals surface area contributed by atoms with E-state index in [2.05, 4.69) is 0 Å². The number of nitrogens with zero attached hydrogens (tertiary/aromatic N) is 1. The molecular formula is C30H29NO7. The molecule has 0 bridgehead atoms. The number of benzene rings is 3. The first-order chi connectivity index (χ1) is 18.2. The van der Waals surface area contributed by atoms with Crippen LogP contribution in [0.5, 0.6) is 17.2 Å². The number of aliphatic hydroxyl groups is 1. The van der Waals surface area contributed by atoms with Crippen LogP contribution in [-0.2, 0) is 14.4 Å². The Hall–Kier alpha value is -4.59. The average molecular weight is 516 g/mol. The van der Waals surface area contributed by atoms with Crippen LogP contribution in [-0.4, -0.2) is 37.0 Å². The summed E-state index contributed by atoms with van der Waals surface area (Å²) in [5.74, 6) is -0.810. The molecule has 1 saturated heterocycles. The number of methoxy groups -OCH3 is 2. The van der Waals surface area contributed by atoms with Crippen molar-refractivity contribution in [1.82, 2.24) is 0 Å². The molecular weight excluding hydrogens is 486 g/mol. The molecule has 1 atom stereocenters. The van der Waals surface area contributed by atoms with Crippen LogP contribution in [0.2, 0.25) is 0 Å². The molecule has 0 radical (unpaired) electrons. The molecule has 3 aromatic rings. The van der Waals surface area contributed by atoms with Gasteiger partial charge in [0.25, 0.3) is 11.7 Å². The number of hydrogen-bond acceptors (Lipinski definition) is 7. The summed E-state index contributed by atoms with van der Waals surface area (Å²) < 4.78 is 15.9. The molecule has 0 spiro atoms. The van der Waals surface area contributed by atoms with E-state index < -0.39 is 23.7 Å². The number of esters is 1. The van der Waals surface area contributed by atoms with Gasteiger partial charge in [-0.2, -0.15) is 0 Å². The van der Waals surface area contributed by atoms with Gasteiger partial charge in [0, 0.05) is 24.2 Å². The number of carbonyl (C=O) groups excluding carboxylic acids is 3. The van der Waals surface area contributed by atoms with Crippen LogP contribution in [0.4, 0.5) is 5.69 Å². The molecule has 38 heavy (non-hydrogen) atoms. The van der Waals surface area contributed by atoms with Crippen LogP contribution in [0.3, 0.4) is 0 Å². The third kappa shape index (κ3) is 4.98. The molecule has 1 fully saturated rings. The molecule has 3 aromatic carbocycles. The van der Waals surface area contributed by atoms with Gasteiger partial charge in [0.1, 0.15) is 23.0 Å². The van der Waals surface area contributed by atoms with Crippen molar-refractivity contribution < 1.29 is 33.7 Å². The van der Waals surface area contributed by atoms with E-state index in [-0.39, 0.29) is 17.3 Å². The lowest BCUT2D eigenvalue weighted by molar-refractivity contribution is -0.132. The van der Waals surface area contributed by atoms with Crippen LogP contribution in [0.15, 0.2) is 72.3 Å². The van der Waals surface area contributed by atoms with Crippen molar-refractivity contribution in [2.24, 2.45) is 0 Å². The first-order valence-electron chi connectivity index (χ1n) is 12.1. The quantitative estimate of drug-likeness (QED) is 0.148. The van der Waals surface area contributed by atoms with Crippen molar-refractivity contribution in [3.05, 3.63) is 89.0 Å². The fourth-order valence-electron chi connectivity index (χ4n) is 4.55. The fourth-order valence-corrected chi connectivity index (χ4v) is 4.55. The minimum atomic E-state index is -0.946. The highest BCUT2D eigenvalue weighted by Gasteiger charge is 2.47. The van der Waals surface area contributed by atoms with Gasteiger partial charge in [0.2, 0.25) is 0 Å². The first kappa shape index (κ1) is 26.5. The zero-order valence-electron chi connectivity index (χ0n) is 21.8. The van der Waals surface area contributed by atoms with Crippen molar-refractivity contribution in [2.75, 3.05) is 19.1 Å². The topological polar surface area (TPSA) is 102 Å². The molecule has 196 valence electrons. The number of carbonyl (C=O) groups is 3. The highest BCUT2D eigenvalue weighted by atomic mass is 16.5. The van der Waals surface area contributed by atoms with E-state index in [9.17, 15) is 19.5 Å². The molecule has 1 N–H and O–H groups in total. The molecule has 1 aliphatic heterocycles. The average Bonchev–Trinajstić information content (AvgIpc) is 3.18. The minimum absolute atomic E-state index is 0.0575. The maximum atomic E-state index is 13.5. The van der Waals surface area contributed by atoms with Gasteiger partial charge in [-0.05, 0) is 59.5 Å². The van der Waals surface area contributed by atoms with Crippen LogP contribution in [0.1, 0.15) is 49.4 Å². The third-order valence-corrected chi connectivity index (χ3v) is 6.36. The Morgan fingerprint density at radius 1 is 0.921 bits per heavy atom. The predicted octanol–water partition coefficient (Wildman–Crippen LogP) is 5.38. The van der Waals surface area contributed by atoms with Crippen LogP contribution < -0.4 is 19.1 Å². The Kier molecular flexibility index (Phi) is 7.52. The second-order valence-corrected chi connectivity index (χ2v) is 9.14. The van der Waals surface area contributed by atoms with Crippen LogP contribution in [0, 0.1) is 0 Å². The summed E-state index contributed by atoms with van der Waals surface area (Å²) in [7, 11) is 3.08. The molecule has 1 unspecified atom stereocenters. The maximum Gasteiger partial charge on any atom is 0.308 e. The number of ether oxygens (including phenoxy) is 3. The van der Waals surface area contributed by atoms with E-state index in [1.54, 1.807) is 73.8 Å². The highest BCUT2D eigenvalue weighted by Crippen LogP contribution is 2.43. The molecule has 8 nitrogen and oxygen atoms in total. The van der Waals surface area contributed by atoms with Crippen LogP contribution >= 0.6 is 0 Å². The smallest absolute Gasteiger partial charge is 0.308 e. The Morgan fingerprint density at radius 2 is 1.63 bits per heavy atom. The lowest BCUT2D eigenvalue weighted by atomic mass is 9.93. The Labute approximate surface area is 221 Å². The third-order valence-electron chi connectivity index (χ3n) is 6.36. The molecule has 4 rings (SSSR count). The summed E-state index contributed by atoms with van der Waals surface area (Å²) >= 11 is 0. The molecule has 1 heterocycles. The van der Waals surface area contributed by atoms with Gasteiger partial charge < -0.3 is 19.3 Å². The summed E-state index contributed by atoms with van der Waals surface area (Å²) in [5.41, 5.74) is 2.15. The number of ketones is 1. The zero-order chi connectivity index (χ0) is 27.6. The number of Topliss-reactive ketones (excluding diaryl/α,β-unsaturated/α-hetero) is 1. The molecule has 8 heteroatoms. The summed E-state index contributed by atoms with van der Waals surface area (Å²) in [6.07, 6.45) is 0. The summed E-state index contributed by atoms with van der Waals surface area (Å²) in [6.45, 7) is 5.29. The van der Waals surface area contributed by atoms with E-state index in [4.69, 9.17) is 14.2 Å². The minimum Gasteiger partial charge on any atom is -0.507 e. The van der Waals surface area contributed by atoms with Crippen molar-refractivity contribution in [3.8, 4) is 17.2 Å². The number of aliphatic hydroxyl groups excluding tert-OH is 1. The van der Waals surface area contributed by atoms with Gasteiger partial charge in [-0.25, -0.2) is 0 Å². The highest BCUT2D eigenvalue weighted by molar-refractivity contribution is 6.51. The van der Waals surface area contributed by atoms with Crippen molar-refractivity contribution in [1.29, 1.82) is 0 Å².